The summed E-state index contributed by atoms with van der Waals surface area (Å²) < 4.78 is 0. The predicted molar refractivity (Wildman–Crippen MR) is 172 cm³/mol. The van der Waals surface area contributed by atoms with Crippen LogP contribution in [0, 0.1) is 0 Å². The van der Waals surface area contributed by atoms with E-state index in [0.29, 0.717) is 12.8 Å². The Morgan fingerprint density at radius 3 is 1.45 bits per heavy atom. The van der Waals surface area contributed by atoms with Crippen molar-refractivity contribution in [2.75, 3.05) is 6.61 Å². The first-order valence-electron chi connectivity index (χ1n) is 17.5. The van der Waals surface area contributed by atoms with Crippen molar-refractivity contribution in [3.63, 3.8) is 0 Å². The molecule has 3 atom stereocenters. The molecule has 1 amide bonds. The van der Waals surface area contributed by atoms with Crippen molar-refractivity contribution >= 4 is 5.91 Å². The van der Waals surface area contributed by atoms with Crippen molar-refractivity contribution in [1.82, 2.24) is 5.32 Å². The first kappa shape index (κ1) is 39.1. The number of carbonyl (C=O) groups excluding carboxylic acids is 1. The lowest BCUT2D eigenvalue weighted by atomic mass is 10.0. The van der Waals surface area contributed by atoms with Gasteiger partial charge in [0.05, 0.1) is 18.8 Å². The lowest BCUT2D eigenvalue weighted by Crippen LogP contribution is -2.49. The molecule has 0 aromatic rings. The molecule has 3 unspecified atom stereocenters. The number of nitrogens with one attached hydrogen (secondary N) is 1. The van der Waals surface area contributed by atoms with Crippen molar-refractivity contribution < 1.29 is 20.1 Å². The maximum absolute atomic E-state index is 12.3. The molecule has 0 aliphatic heterocycles. The molecule has 238 valence electrons. The predicted octanol–water partition coefficient (Wildman–Crippen LogP) is 8.92. The maximum atomic E-state index is 12.3. The molecule has 4 N–H and O–H groups in total. The Bertz CT molecular complexity index is 554. The highest BCUT2D eigenvalue weighted by Crippen LogP contribution is 2.15. The van der Waals surface area contributed by atoms with Crippen LogP contribution in [0.3, 0.4) is 0 Å². The highest BCUT2D eigenvalue weighted by molar-refractivity contribution is 5.80. The van der Waals surface area contributed by atoms with Crippen LogP contribution < -0.4 is 5.32 Å². The standard InChI is InChI=1S/C35H69NO4/c1-3-5-7-9-11-13-15-16-17-18-19-20-22-23-25-27-29-33(38)32(31-37)36-35(40)34(39)30-28-26-24-21-14-12-10-8-6-4-2/h10,12,32-34,37-39H,3-9,11,13-31H2,1-2H3,(H,36,40)/b12-10-. The zero-order chi connectivity index (χ0) is 29.5. The van der Waals surface area contributed by atoms with Crippen molar-refractivity contribution in [1.29, 1.82) is 0 Å². The molecule has 5 nitrogen and oxygen atoms in total. The van der Waals surface area contributed by atoms with Crippen molar-refractivity contribution in [3.8, 4) is 0 Å². The summed E-state index contributed by atoms with van der Waals surface area (Å²) in [7, 11) is 0. The van der Waals surface area contributed by atoms with Gasteiger partial charge in [0, 0.05) is 0 Å². The third-order valence-electron chi connectivity index (χ3n) is 8.13. The van der Waals surface area contributed by atoms with E-state index in [-0.39, 0.29) is 6.61 Å². The second kappa shape index (κ2) is 31.0. The molecule has 0 heterocycles. The second-order valence-electron chi connectivity index (χ2n) is 12.1. The summed E-state index contributed by atoms with van der Waals surface area (Å²) in [5.74, 6) is -0.482. The molecule has 0 bridgehead atoms. The first-order chi connectivity index (χ1) is 19.6. The van der Waals surface area contributed by atoms with Crippen molar-refractivity contribution in [2.24, 2.45) is 0 Å². The Morgan fingerprint density at radius 1 is 0.575 bits per heavy atom. The van der Waals surface area contributed by atoms with Crippen LogP contribution in [-0.4, -0.2) is 46.1 Å². The summed E-state index contributed by atoms with van der Waals surface area (Å²) in [6.07, 6.45) is 33.4. The Kier molecular flexibility index (Phi) is 30.3. The molecule has 0 spiro atoms. The fraction of sp³-hybridized carbons (Fsp3) is 0.914. The normalized spacial score (nSPS) is 14.0. The Morgan fingerprint density at radius 2 is 0.975 bits per heavy atom. The SMILES string of the molecule is CCCC/C=C\CCCCCCC(O)C(=O)NC(CO)C(O)CCCCCCCCCCCCCCCCCC. The molecular weight excluding hydrogens is 498 g/mol. The topological polar surface area (TPSA) is 89.8 Å². The number of rotatable bonds is 31. The van der Waals surface area contributed by atoms with E-state index in [1.54, 1.807) is 0 Å². The highest BCUT2D eigenvalue weighted by Gasteiger charge is 2.23. The van der Waals surface area contributed by atoms with Gasteiger partial charge in [-0.1, -0.05) is 161 Å². The molecule has 5 heteroatoms. The van der Waals surface area contributed by atoms with Crippen LogP contribution in [-0.2, 0) is 4.79 Å². The van der Waals surface area contributed by atoms with Crippen LogP contribution in [0.4, 0.5) is 0 Å². The lowest BCUT2D eigenvalue weighted by molar-refractivity contribution is -0.131. The summed E-state index contributed by atoms with van der Waals surface area (Å²) in [6, 6.07) is -0.710. The molecule has 0 aliphatic rings. The smallest absolute Gasteiger partial charge is 0.249 e. The Hall–Kier alpha value is -0.910. The van der Waals surface area contributed by atoms with Gasteiger partial charge in [0.15, 0.2) is 0 Å². The zero-order valence-electron chi connectivity index (χ0n) is 26.7. The Labute approximate surface area is 249 Å². The number of amides is 1. The van der Waals surface area contributed by atoms with E-state index in [1.807, 2.05) is 0 Å². The number of aliphatic hydroxyl groups excluding tert-OH is 3. The number of aliphatic hydroxyl groups is 3. The molecule has 0 fully saturated rings. The molecular formula is C35H69NO4. The minimum Gasteiger partial charge on any atom is -0.394 e. The van der Waals surface area contributed by atoms with E-state index in [1.165, 1.54) is 109 Å². The summed E-state index contributed by atoms with van der Waals surface area (Å²) in [5, 5.41) is 33.0. The van der Waals surface area contributed by atoms with Gasteiger partial charge in [-0.2, -0.15) is 0 Å². The average molecular weight is 568 g/mol. The van der Waals surface area contributed by atoms with Gasteiger partial charge in [0.1, 0.15) is 6.10 Å². The first-order valence-corrected chi connectivity index (χ1v) is 17.5. The van der Waals surface area contributed by atoms with Crippen LogP contribution in [0.5, 0.6) is 0 Å². The lowest BCUT2D eigenvalue weighted by Gasteiger charge is -2.23. The van der Waals surface area contributed by atoms with E-state index in [0.717, 1.165) is 44.9 Å². The van der Waals surface area contributed by atoms with Crippen LogP contribution in [0.1, 0.15) is 181 Å². The summed E-state index contributed by atoms with van der Waals surface area (Å²) in [4.78, 5) is 12.3. The fourth-order valence-electron chi connectivity index (χ4n) is 5.29. The number of unbranched alkanes of at least 4 members (excludes halogenated alkanes) is 21. The monoisotopic (exact) mass is 568 g/mol. The minimum atomic E-state index is -1.08. The van der Waals surface area contributed by atoms with Gasteiger partial charge < -0.3 is 20.6 Å². The quantitative estimate of drug-likeness (QED) is 0.0497. The third-order valence-corrected chi connectivity index (χ3v) is 8.13. The summed E-state index contributed by atoms with van der Waals surface area (Å²) >= 11 is 0. The molecule has 0 rings (SSSR count). The van der Waals surface area contributed by atoms with E-state index >= 15 is 0 Å². The minimum absolute atomic E-state index is 0.315. The van der Waals surface area contributed by atoms with Crippen LogP contribution in [0.25, 0.3) is 0 Å². The van der Waals surface area contributed by atoms with Crippen LogP contribution in [0.2, 0.25) is 0 Å². The van der Waals surface area contributed by atoms with Crippen molar-refractivity contribution in [3.05, 3.63) is 12.2 Å². The van der Waals surface area contributed by atoms with E-state index in [2.05, 4.69) is 31.3 Å². The highest BCUT2D eigenvalue weighted by atomic mass is 16.3. The van der Waals surface area contributed by atoms with Gasteiger partial charge in [0.2, 0.25) is 5.91 Å². The van der Waals surface area contributed by atoms with E-state index < -0.39 is 24.2 Å². The van der Waals surface area contributed by atoms with Crippen LogP contribution >= 0.6 is 0 Å². The number of hydrogen-bond donors (Lipinski definition) is 4. The number of allylic oxidation sites excluding steroid dienone is 2. The average Bonchev–Trinajstić information content (AvgIpc) is 2.96. The maximum Gasteiger partial charge on any atom is 0.249 e. The largest absolute Gasteiger partial charge is 0.394 e. The Balaban J connectivity index is 3.68. The number of carbonyl (C=O) groups is 1. The van der Waals surface area contributed by atoms with Gasteiger partial charge in [-0.15, -0.1) is 0 Å². The number of hydrogen-bond acceptors (Lipinski definition) is 4. The van der Waals surface area contributed by atoms with Crippen LogP contribution in [0.15, 0.2) is 12.2 Å². The van der Waals surface area contributed by atoms with Gasteiger partial charge in [0.25, 0.3) is 0 Å². The molecule has 0 saturated heterocycles. The van der Waals surface area contributed by atoms with E-state index in [9.17, 15) is 20.1 Å². The van der Waals surface area contributed by atoms with Gasteiger partial charge in [-0.3, -0.25) is 4.79 Å². The molecule has 0 aromatic heterocycles. The summed E-state index contributed by atoms with van der Waals surface area (Å²) in [6.45, 7) is 4.16. The molecule has 0 saturated carbocycles. The van der Waals surface area contributed by atoms with Gasteiger partial charge in [-0.05, 0) is 32.1 Å². The van der Waals surface area contributed by atoms with Gasteiger partial charge in [-0.25, -0.2) is 0 Å². The molecule has 0 radical (unpaired) electrons. The second-order valence-corrected chi connectivity index (χ2v) is 12.1. The third kappa shape index (κ3) is 26.0. The molecule has 40 heavy (non-hydrogen) atoms. The fourth-order valence-corrected chi connectivity index (χ4v) is 5.29. The van der Waals surface area contributed by atoms with Crippen molar-refractivity contribution in [2.45, 2.75) is 199 Å². The summed E-state index contributed by atoms with van der Waals surface area (Å²) in [5.41, 5.74) is 0. The molecule has 0 aromatic carbocycles. The molecule has 0 aliphatic carbocycles. The van der Waals surface area contributed by atoms with Gasteiger partial charge >= 0.3 is 0 Å². The van der Waals surface area contributed by atoms with E-state index in [4.69, 9.17) is 0 Å². The zero-order valence-corrected chi connectivity index (χ0v) is 26.7.